The molecule has 3 heterocycles. The minimum atomic E-state index is -0.0642. The Balaban J connectivity index is 1.82. The fraction of sp³-hybridized carbons (Fsp3) is 0.444. The SMILES string of the molecule is Cc1nc2sc([C@H](c3ccc(Br)cc3)N3C[C@@H](C)O[C@H](C)C3)c(O)n2n1. The molecule has 0 aliphatic carbocycles. The van der Waals surface area contributed by atoms with Gasteiger partial charge in [0.1, 0.15) is 5.82 Å². The number of hydrogen-bond acceptors (Lipinski definition) is 6. The van der Waals surface area contributed by atoms with Crippen molar-refractivity contribution in [1.29, 1.82) is 0 Å². The lowest BCUT2D eigenvalue weighted by atomic mass is 10.0. The molecule has 1 saturated heterocycles. The summed E-state index contributed by atoms with van der Waals surface area (Å²) in [7, 11) is 0. The summed E-state index contributed by atoms with van der Waals surface area (Å²) in [6.07, 6.45) is 0.284. The molecule has 3 aromatic rings. The van der Waals surface area contributed by atoms with Crippen molar-refractivity contribution in [2.75, 3.05) is 13.1 Å². The number of aromatic nitrogens is 3. The molecule has 0 bridgehead atoms. The highest BCUT2D eigenvalue weighted by molar-refractivity contribution is 9.10. The lowest BCUT2D eigenvalue weighted by molar-refractivity contribution is -0.0764. The van der Waals surface area contributed by atoms with Gasteiger partial charge >= 0.3 is 0 Å². The molecule has 1 N–H and O–H groups in total. The third kappa shape index (κ3) is 3.26. The van der Waals surface area contributed by atoms with Gasteiger partial charge in [0.2, 0.25) is 10.8 Å². The number of halogens is 1. The number of morpholine rings is 1. The van der Waals surface area contributed by atoms with Gasteiger partial charge in [-0.3, -0.25) is 4.90 Å². The van der Waals surface area contributed by atoms with Gasteiger partial charge in [0.05, 0.1) is 23.1 Å². The molecule has 0 unspecified atom stereocenters. The first-order chi connectivity index (χ1) is 12.4. The maximum Gasteiger partial charge on any atom is 0.230 e. The number of aromatic hydroxyl groups is 1. The normalized spacial score (nSPS) is 22.8. The smallest absolute Gasteiger partial charge is 0.230 e. The number of ether oxygens (including phenoxy) is 1. The van der Waals surface area contributed by atoms with E-state index in [2.05, 4.69) is 56.9 Å². The Morgan fingerprint density at radius 1 is 1.23 bits per heavy atom. The van der Waals surface area contributed by atoms with E-state index >= 15 is 0 Å². The van der Waals surface area contributed by atoms with Crippen molar-refractivity contribution < 1.29 is 9.84 Å². The second-order valence-electron chi connectivity index (χ2n) is 6.81. The Morgan fingerprint density at radius 2 is 1.88 bits per heavy atom. The van der Waals surface area contributed by atoms with Gasteiger partial charge in [-0.05, 0) is 38.5 Å². The maximum absolute atomic E-state index is 10.9. The highest BCUT2D eigenvalue weighted by atomic mass is 79.9. The van der Waals surface area contributed by atoms with Crippen molar-refractivity contribution in [2.24, 2.45) is 0 Å². The molecule has 6 nitrogen and oxygen atoms in total. The maximum atomic E-state index is 10.9. The quantitative estimate of drug-likeness (QED) is 0.676. The van der Waals surface area contributed by atoms with Gasteiger partial charge in [-0.1, -0.05) is 39.4 Å². The molecule has 0 radical (unpaired) electrons. The lowest BCUT2D eigenvalue weighted by Crippen LogP contribution is -2.47. The van der Waals surface area contributed by atoms with Gasteiger partial charge in [0.25, 0.3) is 0 Å². The third-order valence-electron chi connectivity index (χ3n) is 4.55. The van der Waals surface area contributed by atoms with Crippen LogP contribution in [0.1, 0.15) is 36.2 Å². The summed E-state index contributed by atoms with van der Waals surface area (Å²) in [6, 6.07) is 8.20. The molecule has 1 aliphatic rings. The first-order valence-electron chi connectivity index (χ1n) is 8.62. The van der Waals surface area contributed by atoms with Crippen LogP contribution in [0.15, 0.2) is 28.7 Å². The van der Waals surface area contributed by atoms with Crippen molar-refractivity contribution in [2.45, 2.75) is 39.0 Å². The van der Waals surface area contributed by atoms with Gasteiger partial charge in [-0.15, -0.1) is 5.10 Å². The number of rotatable bonds is 3. The number of nitrogens with zero attached hydrogens (tertiary/aromatic N) is 4. The van der Waals surface area contributed by atoms with Crippen LogP contribution in [0, 0.1) is 6.92 Å². The fourth-order valence-electron chi connectivity index (χ4n) is 3.63. The summed E-state index contributed by atoms with van der Waals surface area (Å²) >= 11 is 5.00. The van der Waals surface area contributed by atoms with Crippen LogP contribution in [0.2, 0.25) is 0 Å². The predicted molar refractivity (Wildman–Crippen MR) is 105 cm³/mol. The van der Waals surface area contributed by atoms with Crippen LogP contribution in [-0.4, -0.2) is 49.9 Å². The van der Waals surface area contributed by atoms with E-state index in [0.29, 0.717) is 10.8 Å². The van der Waals surface area contributed by atoms with E-state index in [4.69, 9.17) is 4.74 Å². The van der Waals surface area contributed by atoms with Gasteiger partial charge < -0.3 is 9.84 Å². The number of benzene rings is 1. The first-order valence-corrected chi connectivity index (χ1v) is 10.2. The molecule has 3 atom stereocenters. The molecule has 1 aromatic carbocycles. The third-order valence-corrected chi connectivity index (χ3v) is 6.15. The fourth-order valence-corrected chi connectivity index (χ4v) is 5.05. The predicted octanol–water partition coefficient (Wildman–Crippen LogP) is 3.77. The molecular weight excluding hydrogens is 416 g/mol. The molecule has 0 amide bonds. The highest BCUT2D eigenvalue weighted by Gasteiger charge is 2.34. The molecule has 2 aromatic heterocycles. The van der Waals surface area contributed by atoms with E-state index in [1.54, 1.807) is 0 Å². The zero-order chi connectivity index (χ0) is 18.4. The second-order valence-corrected chi connectivity index (χ2v) is 8.73. The summed E-state index contributed by atoms with van der Waals surface area (Å²) < 4.78 is 8.48. The van der Waals surface area contributed by atoms with Gasteiger partial charge in [-0.25, -0.2) is 4.98 Å². The van der Waals surface area contributed by atoms with Crippen LogP contribution in [0.4, 0.5) is 0 Å². The van der Waals surface area contributed by atoms with Gasteiger partial charge in [-0.2, -0.15) is 4.52 Å². The Bertz CT molecular complexity index is 913. The standard InChI is InChI=1S/C18H21BrN4O2S/c1-10-8-22(9-11(2)25-10)15(13-4-6-14(19)7-5-13)16-17(24)23-18(26-16)20-12(3)21-23/h4-7,10-11,15,24H,8-9H2,1-3H3/t10-,11-,15+/m1/s1. The summed E-state index contributed by atoms with van der Waals surface area (Å²) in [6.45, 7) is 7.62. The van der Waals surface area contributed by atoms with Crippen LogP contribution in [0.25, 0.3) is 4.96 Å². The van der Waals surface area contributed by atoms with Crippen LogP contribution >= 0.6 is 27.3 Å². The first kappa shape index (κ1) is 17.9. The van der Waals surface area contributed by atoms with E-state index < -0.39 is 0 Å². The van der Waals surface area contributed by atoms with Crippen molar-refractivity contribution in [3.8, 4) is 5.88 Å². The van der Waals surface area contributed by atoms with Crippen molar-refractivity contribution in [1.82, 2.24) is 19.5 Å². The molecule has 4 rings (SSSR count). The molecule has 1 aliphatic heterocycles. The summed E-state index contributed by atoms with van der Waals surface area (Å²) in [4.78, 5) is 8.37. The Morgan fingerprint density at radius 3 is 2.50 bits per heavy atom. The Hall–Kier alpha value is -1.48. The number of fused-ring (bicyclic) bond motifs is 1. The summed E-state index contributed by atoms with van der Waals surface area (Å²) in [5, 5.41) is 15.2. The average Bonchev–Trinajstić information content (AvgIpc) is 3.07. The monoisotopic (exact) mass is 436 g/mol. The van der Waals surface area contributed by atoms with E-state index in [9.17, 15) is 5.11 Å². The highest BCUT2D eigenvalue weighted by Crippen LogP contribution is 2.41. The van der Waals surface area contributed by atoms with E-state index in [1.165, 1.54) is 15.9 Å². The van der Waals surface area contributed by atoms with Crippen LogP contribution < -0.4 is 0 Å². The van der Waals surface area contributed by atoms with Gasteiger partial charge in [0, 0.05) is 17.6 Å². The topological polar surface area (TPSA) is 62.9 Å². The zero-order valence-electron chi connectivity index (χ0n) is 14.9. The van der Waals surface area contributed by atoms with Crippen LogP contribution in [0.5, 0.6) is 5.88 Å². The molecule has 1 fully saturated rings. The number of thiazole rings is 1. The number of aryl methyl sites for hydroxylation is 1. The molecule has 26 heavy (non-hydrogen) atoms. The summed E-state index contributed by atoms with van der Waals surface area (Å²) in [5.74, 6) is 0.831. The molecule has 8 heteroatoms. The molecule has 0 saturated carbocycles. The van der Waals surface area contributed by atoms with Crippen LogP contribution in [-0.2, 0) is 4.74 Å². The Labute approximate surface area is 164 Å². The lowest BCUT2D eigenvalue weighted by Gasteiger charge is -2.40. The average molecular weight is 437 g/mol. The largest absolute Gasteiger partial charge is 0.492 e. The number of hydrogen-bond donors (Lipinski definition) is 1. The zero-order valence-corrected chi connectivity index (χ0v) is 17.3. The van der Waals surface area contributed by atoms with Gasteiger partial charge in [0.15, 0.2) is 0 Å². The van der Waals surface area contributed by atoms with Crippen molar-refractivity contribution in [3.05, 3.63) is 45.0 Å². The molecule has 0 spiro atoms. The molecule has 138 valence electrons. The van der Waals surface area contributed by atoms with E-state index in [1.807, 2.05) is 19.1 Å². The van der Waals surface area contributed by atoms with Crippen molar-refractivity contribution in [3.63, 3.8) is 0 Å². The molecular formula is C18H21BrN4O2S. The second kappa shape index (κ2) is 6.92. The van der Waals surface area contributed by atoms with E-state index in [0.717, 1.165) is 28.0 Å². The summed E-state index contributed by atoms with van der Waals surface area (Å²) in [5.41, 5.74) is 1.13. The van der Waals surface area contributed by atoms with Crippen LogP contribution in [0.3, 0.4) is 0 Å². The van der Waals surface area contributed by atoms with E-state index in [-0.39, 0.29) is 24.1 Å². The minimum Gasteiger partial charge on any atom is -0.492 e. The minimum absolute atomic E-state index is 0.0642. The van der Waals surface area contributed by atoms with Crippen molar-refractivity contribution >= 4 is 32.2 Å². The Kier molecular flexibility index (Phi) is 4.77.